The zero-order chi connectivity index (χ0) is 12.4. The molecule has 1 saturated carbocycles. The summed E-state index contributed by atoms with van der Waals surface area (Å²) in [5.41, 5.74) is 6.23. The van der Waals surface area contributed by atoms with Gasteiger partial charge >= 0.3 is 6.03 Å². The lowest BCUT2D eigenvalue weighted by molar-refractivity contribution is -0.0730. The summed E-state index contributed by atoms with van der Waals surface area (Å²) >= 11 is 5.83. The number of carbonyl (C=O) groups is 1. The Morgan fingerprint density at radius 3 is 2.59 bits per heavy atom. The van der Waals surface area contributed by atoms with Gasteiger partial charge in [-0.05, 0) is 42.9 Å². The molecule has 1 aromatic rings. The van der Waals surface area contributed by atoms with E-state index in [2.05, 4.69) is 0 Å². The highest BCUT2D eigenvalue weighted by atomic mass is 35.5. The fourth-order valence-electron chi connectivity index (χ4n) is 2.40. The molecule has 1 fully saturated rings. The predicted octanol–water partition coefficient (Wildman–Crippen LogP) is 2.75. The van der Waals surface area contributed by atoms with Crippen molar-refractivity contribution in [2.45, 2.75) is 31.2 Å². The van der Waals surface area contributed by atoms with Crippen molar-refractivity contribution in [2.24, 2.45) is 5.73 Å². The molecule has 1 aromatic carbocycles. The van der Waals surface area contributed by atoms with Crippen molar-refractivity contribution in [3.8, 4) is 0 Å². The minimum Gasteiger partial charge on any atom is -0.350 e. The molecular formula is C12H15ClN2O2. The molecule has 17 heavy (non-hydrogen) atoms. The lowest BCUT2D eigenvalue weighted by atomic mass is 9.97. The summed E-state index contributed by atoms with van der Waals surface area (Å²) < 4.78 is 0. The standard InChI is InChI=1S/C12H15ClN2O2/c13-10-4-1-8(2-5-10)9-3-6-11(7-9)15(17)12(14)16/h1-2,4-5,9,11,17H,3,6-7H2,(H2,14,16)/t9-,11+/m1/s1. The molecule has 2 atom stereocenters. The number of hydroxylamine groups is 2. The summed E-state index contributed by atoms with van der Waals surface area (Å²) in [6.07, 6.45) is 2.45. The van der Waals surface area contributed by atoms with E-state index in [-0.39, 0.29) is 6.04 Å². The van der Waals surface area contributed by atoms with Crippen LogP contribution in [-0.2, 0) is 0 Å². The van der Waals surface area contributed by atoms with Crippen LogP contribution in [0.4, 0.5) is 4.79 Å². The highest BCUT2D eigenvalue weighted by molar-refractivity contribution is 6.30. The first-order valence-corrected chi connectivity index (χ1v) is 5.98. The van der Waals surface area contributed by atoms with Gasteiger partial charge in [0, 0.05) is 5.02 Å². The quantitative estimate of drug-likeness (QED) is 0.630. The molecular weight excluding hydrogens is 240 g/mol. The van der Waals surface area contributed by atoms with Crippen molar-refractivity contribution >= 4 is 17.6 Å². The van der Waals surface area contributed by atoms with Gasteiger partial charge in [-0.25, -0.2) is 9.86 Å². The van der Waals surface area contributed by atoms with Crippen molar-refractivity contribution in [1.29, 1.82) is 0 Å². The first kappa shape index (κ1) is 12.2. The maximum atomic E-state index is 10.9. The molecule has 2 amide bonds. The van der Waals surface area contributed by atoms with Gasteiger partial charge in [-0.15, -0.1) is 0 Å². The van der Waals surface area contributed by atoms with Gasteiger partial charge in [0.2, 0.25) is 0 Å². The summed E-state index contributed by atoms with van der Waals surface area (Å²) in [5.74, 6) is 0.353. The number of primary amides is 1. The SMILES string of the molecule is NC(=O)N(O)[C@H]1CC[C@@H](c2ccc(Cl)cc2)C1. The van der Waals surface area contributed by atoms with Gasteiger partial charge in [0.25, 0.3) is 0 Å². The van der Waals surface area contributed by atoms with Crippen LogP contribution in [-0.4, -0.2) is 22.3 Å². The zero-order valence-electron chi connectivity index (χ0n) is 9.34. The van der Waals surface area contributed by atoms with Gasteiger partial charge in [0.15, 0.2) is 0 Å². The van der Waals surface area contributed by atoms with E-state index in [0.717, 1.165) is 19.3 Å². The van der Waals surface area contributed by atoms with Crippen LogP contribution in [0.3, 0.4) is 0 Å². The van der Waals surface area contributed by atoms with Crippen molar-refractivity contribution in [3.63, 3.8) is 0 Å². The van der Waals surface area contributed by atoms with Crippen LogP contribution in [0, 0.1) is 0 Å². The molecule has 1 aliphatic carbocycles. The molecule has 0 unspecified atom stereocenters. The van der Waals surface area contributed by atoms with E-state index >= 15 is 0 Å². The monoisotopic (exact) mass is 254 g/mol. The number of hydrogen-bond donors (Lipinski definition) is 2. The second kappa shape index (κ2) is 4.94. The third-order valence-electron chi connectivity index (χ3n) is 3.32. The molecule has 0 heterocycles. The van der Waals surface area contributed by atoms with E-state index < -0.39 is 6.03 Å². The van der Waals surface area contributed by atoms with Crippen molar-refractivity contribution < 1.29 is 10.0 Å². The number of rotatable bonds is 2. The number of halogens is 1. The third kappa shape index (κ3) is 2.70. The van der Waals surface area contributed by atoms with E-state index in [4.69, 9.17) is 17.3 Å². The molecule has 0 bridgehead atoms. The average molecular weight is 255 g/mol. The summed E-state index contributed by atoms with van der Waals surface area (Å²) in [5, 5.41) is 10.8. The maximum Gasteiger partial charge on any atom is 0.338 e. The Morgan fingerprint density at radius 2 is 2.00 bits per heavy atom. The highest BCUT2D eigenvalue weighted by Gasteiger charge is 2.31. The topological polar surface area (TPSA) is 66.6 Å². The Morgan fingerprint density at radius 1 is 1.35 bits per heavy atom. The highest BCUT2D eigenvalue weighted by Crippen LogP contribution is 2.36. The first-order chi connectivity index (χ1) is 8.08. The van der Waals surface area contributed by atoms with E-state index in [1.807, 2.05) is 24.3 Å². The summed E-state index contributed by atoms with van der Waals surface area (Å²) in [4.78, 5) is 10.9. The average Bonchev–Trinajstić information content (AvgIpc) is 2.78. The molecule has 5 heteroatoms. The lowest BCUT2D eigenvalue weighted by Gasteiger charge is -2.19. The Hall–Kier alpha value is -1.26. The van der Waals surface area contributed by atoms with Gasteiger partial charge in [0.1, 0.15) is 0 Å². The number of benzene rings is 1. The first-order valence-electron chi connectivity index (χ1n) is 5.61. The molecule has 2 rings (SSSR count). The Kier molecular flexibility index (Phi) is 3.54. The normalized spacial score (nSPS) is 23.6. The Labute approximate surface area is 105 Å². The van der Waals surface area contributed by atoms with Crippen molar-refractivity contribution in [1.82, 2.24) is 5.06 Å². The largest absolute Gasteiger partial charge is 0.350 e. The van der Waals surface area contributed by atoms with Gasteiger partial charge in [0.05, 0.1) is 6.04 Å². The smallest absolute Gasteiger partial charge is 0.338 e. The van der Waals surface area contributed by atoms with Gasteiger partial charge in [-0.1, -0.05) is 23.7 Å². The number of urea groups is 1. The minimum atomic E-state index is -0.785. The second-order valence-electron chi connectivity index (χ2n) is 4.40. The van der Waals surface area contributed by atoms with E-state index in [9.17, 15) is 10.0 Å². The fraction of sp³-hybridized carbons (Fsp3) is 0.417. The van der Waals surface area contributed by atoms with Crippen LogP contribution in [0.5, 0.6) is 0 Å². The molecule has 0 spiro atoms. The van der Waals surface area contributed by atoms with Crippen LogP contribution in [0.2, 0.25) is 5.02 Å². The number of nitrogens with two attached hydrogens (primary N) is 1. The summed E-state index contributed by atoms with van der Waals surface area (Å²) in [6.45, 7) is 0. The van der Waals surface area contributed by atoms with E-state index in [1.54, 1.807) is 0 Å². The number of carbonyl (C=O) groups excluding carboxylic acids is 1. The Bertz CT molecular complexity index is 407. The van der Waals surface area contributed by atoms with Crippen LogP contribution in [0.1, 0.15) is 30.7 Å². The number of hydrogen-bond acceptors (Lipinski definition) is 2. The second-order valence-corrected chi connectivity index (χ2v) is 4.83. The van der Waals surface area contributed by atoms with Crippen molar-refractivity contribution in [3.05, 3.63) is 34.9 Å². The molecule has 0 radical (unpaired) electrons. The molecule has 0 aliphatic heterocycles. The molecule has 3 N–H and O–H groups in total. The van der Waals surface area contributed by atoms with Gasteiger partial charge < -0.3 is 5.73 Å². The number of nitrogens with zero attached hydrogens (tertiary/aromatic N) is 1. The third-order valence-corrected chi connectivity index (χ3v) is 3.57. The van der Waals surface area contributed by atoms with E-state index in [0.29, 0.717) is 16.0 Å². The Balaban J connectivity index is 2.02. The van der Waals surface area contributed by atoms with E-state index in [1.165, 1.54) is 5.56 Å². The van der Waals surface area contributed by atoms with Gasteiger partial charge in [-0.2, -0.15) is 0 Å². The summed E-state index contributed by atoms with van der Waals surface area (Å²) in [6, 6.07) is 6.73. The summed E-state index contributed by atoms with van der Waals surface area (Å²) in [7, 11) is 0. The minimum absolute atomic E-state index is 0.173. The molecule has 92 valence electrons. The van der Waals surface area contributed by atoms with Crippen LogP contribution >= 0.6 is 11.6 Å². The maximum absolute atomic E-state index is 10.9. The van der Waals surface area contributed by atoms with Crippen LogP contribution in [0.15, 0.2) is 24.3 Å². The molecule has 0 saturated heterocycles. The molecule has 1 aliphatic rings. The van der Waals surface area contributed by atoms with Crippen molar-refractivity contribution in [2.75, 3.05) is 0 Å². The lowest BCUT2D eigenvalue weighted by Crippen LogP contribution is -2.39. The molecule has 4 nitrogen and oxygen atoms in total. The van der Waals surface area contributed by atoms with Crippen LogP contribution in [0.25, 0.3) is 0 Å². The fourth-order valence-corrected chi connectivity index (χ4v) is 2.52. The van der Waals surface area contributed by atoms with Gasteiger partial charge in [-0.3, -0.25) is 5.21 Å². The number of amides is 2. The molecule has 0 aromatic heterocycles. The predicted molar refractivity (Wildman–Crippen MR) is 65.0 cm³/mol. The zero-order valence-corrected chi connectivity index (χ0v) is 10.1. The van der Waals surface area contributed by atoms with Crippen LogP contribution < -0.4 is 5.73 Å².